The van der Waals surface area contributed by atoms with Gasteiger partial charge in [0.05, 0.1) is 11.7 Å². The third-order valence-electron chi connectivity index (χ3n) is 2.27. The number of amides is 1. The van der Waals surface area contributed by atoms with E-state index in [1.807, 2.05) is 39.8 Å². The number of aryl methyl sites for hydroxylation is 1. The lowest BCUT2D eigenvalue weighted by Gasteiger charge is -2.21. The maximum absolute atomic E-state index is 11.5. The summed E-state index contributed by atoms with van der Waals surface area (Å²) in [7, 11) is 0. The summed E-state index contributed by atoms with van der Waals surface area (Å²) in [6.07, 6.45) is 1.22. The lowest BCUT2D eigenvalue weighted by atomic mass is 10.1. The molecule has 0 fully saturated rings. The zero-order valence-corrected chi connectivity index (χ0v) is 11.4. The van der Waals surface area contributed by atoms with Crippen LogP contribution < -0.4 is 11.1 Å². The van der Waals surface area contributed by atoms with Gasteiger partial charge in [-0.3, -0.25) is 4.98 Å². The number of rotatable bonds is 3. The normalized spacial score (nSPS) is 12.9. The van der Waals surface area contributed by atoms with Gasteiger partial charge < -0.3 is 15.8 Å². The number of nitrogens with two attached hydrogens (primary N) is 1. The summed E-state index contributed by atoms with van der Waals surface area (Å²) in [5.41, 5.74) is 7.27. The number of alkyl carbamates (subject to hydrolysis) is 1. The molecule has 1 atom stereocenters. The minimum absolute atomic E-state index is 0.298. The van der Waals surface area contributed by atoms with Gasteiger partial charge in [0.1, 0.15) is 5.60 Å². The van der Waals surface area contributed by atoms with Crippen molar-refractivity contribution in [3.05, 3.63) is 29.6 Å². The van der Waals surface area contributed by atoms with Crippen LogP contribution in [0.5, 0.6) is 0 Å². The zero-order valence-electron chi connectivity index (χ0n) is 11.4. The molecule has 0 spiro atoms. The highest BCUT2D eigenvalue weighted by molar-refractivity contribution is 5.67. The SMILES string of the molecule is Cc1cccnc1C(N)CNC(=O)OC(C)(C)C. The number of pyridine rings is 1. The second-order valence-electron chi connectivity index (χ2n) is 5.19. The van der Waals surface area contributed by atoms with Gasteiger partial charge in [-0.1, -0.05) is 6.07 Å². The van der Waals surface area contributed by atoms with Crippen LogP contribution in [0.1, 0.15) is 38.1 Å². The molecule has 1 amide bonds. The standard InChI is InChI=1S/C13H21N3O2/c1-9-6-5-7-15-11(9)10(14)8-16-12(17)18-13(2,3)4/h5-7,10H,8,14H2,1-4H3,(H,16,17). The van der Waals surface area contributed by atoms with Crippen LogP contribution in [0.3, 0.4) is 0 Å². The van der Waals surface area contributed by atoms with Gasteiger partial charge >= 0.3 is 6.09 Å². The third kappa shape index (κ3) is 4.71. The van der Waals surface area contributed by atoms with E-state index in [0.29, 0.717) is 6.54 Å². The Hall–Kier alpha value is -1.62. The fourth-order valence-corrected chi connectivity index (χ4v) is 1.49. The van der Waals surface area contributed by atoms with Crippen molar-refractivity contribution in [3.63, 3.8) is 0 Å². The molecule has 1 rings (SSSR count). The lowest BCUT2D eigenvalue weighted by molar-refractivity contribution is 0.0524. The van der Waals surface area contributed by atoms with Crippen molar-refractivity contribution in [2.75, 3.05) is 6.54 Å². The van der Waals surface area contributed by atoms with Crippen molar-refractivity contribution in [1.29, 1.82) is 0 Å². The Kier molecular flexibility index (Phi) is 4.67. The molecule has 100 valence electrons. The van der Waals surface area contributed by atoms with Gasteiger partial charge in [0.15, 0.2) is 0 Å². The van der Waals surface area contributed by atoms with Crippen LogP contribution in [-0.2, 0) is 4.74 Å². The Bertz CT molecular complexity index is 413. The molecule has 0 radical (unpaired) electrons. The average Bonchev–Trinajstić information content (AvgIpc) is 2.24. The van der Waals surface area contributed by atoms with Crippen LogP contribution >= 0.6 is 0 Å². The first-order valence-electron chi connectivity index (χ1n) is 5.93. The van der Waals surface area contributed by atoms with Crippen molar-refractivity contribution in [2.45, 2.75) is 39.3 Å². The van der Waals surface area contributed by atoms with E-state index in [4.69, 9.17) is 10.5 Å². The summed E-state index contributed by atoms with van der Waals surface area (Å²) in [6.45, 7) is 7.68. The molecule has 3 N–H and O–H groups in total. The molecular weight excluding hydrogens is 230 g/mol. The Morgan fingerprint density at radius 2 is 2.22 bits per heavy atom. The summed E-state index contributed by atoms with van der Waals surface area (Å²) in [6, 6.07) is 3.46. The first-order valence-corrected chi connectivity index (χ1v) is 5.93. The van der Waals surface area contributed by atoms with Crippen molar-refractivity contribution in [3.8, 4) is 0 Å². The number of hydrogen-bond donors (Lipinski definition) is 2. The second kappa shape index (κ2) is 5.82. The topological polar surface area (TPSA) is 77.2 Å². The molecule has 0 saturated carbocycles. The molecule has 5 heteroatoms. The van der Waals surface area contributed by atoms with Gasteiger partial charge in [-0.2, -0.15) is 0 Å². The second-order valence-corrected chi connectivity index (χ2v) is 5.19. The molecule has 1 aromatic heterocycles. The van der Waals surface area contributed by atoms with Crippen LogP contribution in [-0.4, -0.2) is 23.2 Å². The molecule has 0 aliphatic carbocycles. The highest BCUT2D eigenvalue weighted by Crippen LogP contribution is 2.11. The number of ether oxygens (including phenoxy) is 1. The van der Waals surface area contributed by atoms with Crippen LogP contribution in [0.4, 0.5) is 4.79 Å². The molecule has 5 nitrogen and oxygen atoms in total. The lowest BCUT2D eigenvalue weighted by Crippen LogP contribution is -2.37. The molecule has 1 aromatic rings. The van der Waals surface area contributed by atoms with Crippen molar-refractivity contribution in [2.24, 2.45) is 5.73 Å². The summed E-state index contributed by atoms with van der Waals surface area (Å²) in [5, 5.41) is 2.64. The van der Waals surface area contributed by atoms with Crippen molar-refractivity contribution < 1.29 is 9.53 Å². The van der Waals surface area contributed by atoms with Crippen LogP contribution in [0.15, 0.2) is 18.3 Å². The van der Waals surface area contributed by atoms with E-state index >= 15 is 0 Å². The number of carbonyl (C=O) groups is 1. The molecule has 18 heavy (non-hydrogen) atoms. The molecule has 1 heterocycles. The maximum atomic E-state index is 11.5. The predicted octanol–water partition coefficient (Wildman–Crippen LogP) is 1.91. The monoisotopic (exact) mass is 251 g/mol. The van der Waals surface area contributed by atoms with Crippen molar-refractivity contribution in [1.82, 2.24) is 10.3 Å². The van der Waals surface area contributed by atoms with E-state index in [9.17, 15) is 4.79 Å². The molecule has 1 unspecified atom stereocenters. The summed E-state index contributed by atoms with van der Waals surface area (Å²) in [5.74, 6) is 0. The minimum Gasteiger partial charge on any atom is -0.444 e. The molecule has 0 aromatic carbocycles. The van der Waals surface area contributed by atoms with E-state index in [-0.39, 0.29) is 6.04 Å². The highest BCUT2D eigenvalue weighted by atomic mass is 16.6. The highest BCUT2D eigenvalue weighted by Gasteiger charge is 2.17. The average molecular weight is 251 g/mol. The van der Waals surface area contributed by atoms with Crippen molar-refractivity contribution >= 4 is 6.09 Å². The van der Waals surface area contributed by atoms with E-state index in [2.05, 4.69) is 10.3 Å². The Balaban J connectivity index is 2.49. The number of nitrogens with one attached hydrogen (secondary N) is 1. The molecular formula is C13H21N3O2. The van der Waals surface area contributed by atoms with E-state index < -0.39 is 11.7 Å². The largest absolute Gasteiger partial charge is 0.444 e. The predicted molar refractivity (Wildman–Crippen MR) is 70.1 cm³/mol. The minimum atomic E-state index is -0.505. The van der Waals surface area contributed by atoms with Gasteiger partial charge in [0.25, 0.3) is 0 Å². The molecule has 0 aliphatic heterocycles. The van der Waals surface area contributed by atoms with Crippen LogP contribution in [0, 0.1) is 6.92 Å². The summed E-state index contributed by atoms with van der Waals surface area (Å²) < 4.78 is 5.13. The Morgan fingerprint density at radius 1 is 1.56 bits per heavy atom. The Morgan fingerprint density at radius 3 is 2.78 bits per heavy atom. The smallest absolute Gasteiger partial charge is 0.407 e. The first kappa shape index (κ1) is 14.4. The number of carbonyl (C=O) groups excluding carboxylic acids is 1. The maximum Gasteiger partial charge on any atom is 0.407 e. The van der Waals surface area contributed by atoms with Gasteiger partial charge in [0.2, 0.25) is 0 Å². The fraction of sp³-hybridized carbons (Fsp3) is 0.538. The van der Waals surface area contributed by atoms with Gasteiger partial charge in [-0.25, -0.2) is 4.79 Å². The van der Waals surface area contributed by atoms with Gasteiger partial charge in [-0.05, 0) is 39.3 Å². The zero-order chi connectivity index (χ0) is 13.8. The van der Waals surface area contributed by atoms with E-state index in [1.54, 1.807) is 6.20 Å². The number of nitrogens with zero attached hydrogens (tertiary/aromatic N) is 1. The van der Waals surface area contributed by atoms with E-state index in [1.165, 1.54) is 0 Å². The van der Waals surface area contributed by atoms with E-state index in [0.717, 1.165) is 11.3 Å². The van der Waals surface area contributed by atoms with Gasteiger partial charge in [-0.15, -0.1) is 0 Å². The third-order valence-corrected chi connectivity index (χ3v) is 2.27. The van der Waals surface area contributed by atoms with Crippen LogP contribution in [0.25, 0.3) is 0 Å². The number of aromatic nitrogens is 1. The van der Waals surface area contributed by atoms with Crippen LogP contribution in [0.2, 0.25) is 0 Å². The fourth-order valence-electron chi connectivity index (χ4n) is 1.49. The van der Waals surface area contributed by atoms with Gasteiger partial charge in [0, 0.05) is 12.7 Å². The Labute approximate surface area is 108 Å². The molecule has 0 aliphatic rings. The summed E-state index contributed by atoms with van der Waals surface area (Å²) >= 11 is 0. The quantitative estimate of drug-likeness (QED) is 0.860. The summed E-state index contributed by atoms with van der Waals surface area (Å²) in [4.78, 5) is 15.7. The number of hydrogen-bond acceptors (Lipinski definition) is 4. The first-order chi connectivity index (χ1) is 8.29. The molecule has 0 saturated heterocycles. The molecule has 0 bridgehead atoms.